The quantitative estimate of drug-likeness (QED) is 0.635. The summed E-state index contributed by atoms with van der Waals surface area (Å²) in [6.45, 7) is 1.90. The van der Waals surface area contributed by atoms with Crippen molar-refractivity contribution in [3.05, 3.63) is 83.2 Å². The molecule has 0 N–H and O–H groups in total. The molecule has 1 atom stereocenters. The molecule has 28 heavy (non-hydrogen) atoms. The van der Waals surface area contributed by atoms with E-state index in [4.69, 9.17) is 8.83 Å². The number of benzene rings is 1. The Hall–Kier alpha value is -3.61. The van der Waals surface area contributed by atoms with Gasteiger partial charge in [-0.05, 0) is 49.4 Å². The third-order valence-corrected chi connectivity index (χ3v) is 4.97. The van der Waals surface area contributed by atoms with Crippen LogP contribution in [0.1, 0.15) is 55.6 Å². The zero-order chi connectivity index (χ0) is 19.8. The molecule has 1 aromatic carbocycles. The third-order valence-electron chi connectivity index (χ3n) is 4.97. The van der Waals surface area contributed by atoms with E-state index < -0.39 is 11.8 Å². The number of amides is 3. The van der Waals surface area contributed by atoms with Gasteiger partial charge in [0.1, 0.15) is 11.5 Å². The Morgan fingerprint density at radius 3 is 2.43 bits per heavy atom. The summed E-state index contributed by atoms with van der Waals surface area (Å²) in [5, 5.41) is 0. The molecule has 2 aromatic heterocycles. The number of hydrogen-bond acceptors (Lipinski definition) is 5. The first kappa shape index (κ1) is 17.8. The molecule has 0 saturated heterocycles. The number of fused-ring (bicyclic) bond motifs is 1. The van der Waals surface area contributed by atoms with Gasteiger partial charge in [0.25, 0.3) is 17.7 Å². The summed E-state index contributed by atoms with van der Waals surface area (Å²) in [5.41, 5.74) is 0.844. The Balaban J connectivity index is 1.58. The van der Waals surface area contributed by atoms with Gasteiger partial charge in [0.15, 0.2) is 0 Å². The van der Waals surface area contributed by atoms with Crippen LogP contribution in [-0.4, -0.2) is 34.6 Å². The number of carbonyl (C=O) groups is 3. The second-order valence-corrected chi connectivity index (χ2v) is 6.64. The molecule has 1 aliphatic rings. The molecule has 4 rings (SSSR count). The first-order valence-corrected chi connectivity index (χ1v) is 8.80. The number of rotatable bonds is 5. The summed E-state index contributed by atoms with van der Waals surface area (Å²) >= 11 is 0. The molecule has 0 aliphatic carbocycles. The van der Waals surface area contributed by atoms with E-state index in [1.54, 1.807) is 43.6 Å². The molecule has 7 heteroatoms. The number of carbonyl (C=O) groups excluding carboxylic acids is 3. The van der Waals surface area contributed by atoms with E-state index in [0.29, 0.717) is 17.1 Å². The van der Waals surface area contributed by atoms with E-state index in [2.05, 4.69) is 0 Å². The van der Waals surface area contributed by atoms with E-state index >= 15 is 0 Å². The van der Waals surface area contributed by atoms with Gasteiger partial charge in [0, 0.05) is 12.6 Å². The summed E-state index contributed by atoms with van der Waals surface area (Å²) in [6.07, 6.45) is 3.04. The normalized spacial score (nSPS) is 14.3. The lowest BCUT2D eigenvalue weighted by molar-refractivity contribution is 0.0631. The van der Waals surface area contributed by atoms with Crippen LogP contribution in [0.15, 0.2) is 63.8 Å². The van der Waals surface area contributed by atoms with Crippen LogP contribution < -0.4 is 0 Å². The van der Waals surface area contributed by atoms with Crippen molar-refractivity contribution in [2.24, 2.45) is 0 Å². The van der Waals surface area contributed by atoms with Gasteiger partial charge in [-0.2, -0.15) is 0 Å². The Bertz CT molecular complexity index is 1040. The Morgan fingerprint density at radius 1 is 1.04 bits per heavy atom. The van der Waals surface area contributed by atoms with Gasteiger partial charge in [0.05, 0.1) is 36.2 Å². The van der Waals surface area contributed by atoms with Gasteiger partial charge in [-0.25, -0.2) is 0 Å². The smallest absolute Gasteiger partial charge is 0.261 e. The first-order valence-electron chi connectivity index (χ1n) is 8.80. The maximum Gasteiger partial charge on any atom is 0.261 e. The van der Waals surface area contributed by atoms with E-state index in [-0.39, 0.29) is 29.6 Å². The molecule has 0 saturated carbocycles. The number of furan rings is 2. The molecule has 3 aromatic rings. The monoisotopic (exact) mass is 378 g/mol. The highest BCUT2D eigenvalue weighted by Gasteiger charge is 2.36. The fourth-order valence-electron chi connectivity index (χ4n) is 3.23. The Morgan fingerprint density at radius 2 is 1.75 bits per heavy atom. The van der Waals surface area contributed by atoms with Gasteiger partial charge in [-0.15, -0.1) is 0 Å². The standard InChI is InChI=1S/C21H18N2O5/c1-13(18-6-4-10-28-18)22(2)19(24)14-7-8-16-17(11-14)21(26)23(20(16)25)12-15-5-3-9-27-15/h3-11,13H,12H2,1-2H3. The van der Waals surface area contributed by atoms with E-state index in [1.807, 2.05) is 6.92 Å². The highest BCUT2D eigenvalue weighted by Crippen LogP contribution is 2.27. The molecule has 7 nitrogen and oxygen atoms in total. The van der Waals surface area contributed by atoms with Crippen LogP contribution >= 0.6 is 0 Å². The average Bonchev–Trinajstić information content (AvgIpc) is 3.46. The lowest BCUT2D eigenvalue weighted by Crippen LogP contribution is -2.29. The molecule has 1 unspecified atom stereocenters. The van der Waals surface area contributed by atoms with E-state index in [0.717, 1.165) is 4.90 Å². The molecule has 1 aliphatic heterocycles. The Kier molecular flexibility index (Phi) is 4.35. The molecule has 0 radical (unpaired) electrons. The van der Waals surface area contributed by atoms with E-state index in [1.165, 1.54) is 23.3 Å². The largest absolute Gasteiger partial charge is 0.467 e. The van der Waals surface area contributed by atoms with Crippen molar-refractivity contribution in [2.75, 3.05) is 7.05 Å². The van der Waals surface area contributed by atoms with Crippen LogP contribution in [0.2, 0.25) is 0 Å². The lowest BCUT2D eigenvalue weighted by atomic mass is 10.0. The fraction of sp³-hybridized carbons (Fsp3) is 0.190. The third kappa shape index (κ3) is 2.90. The van der Waals surface area contributed by atoms with Crippen molar-refractivity contribution in [3.8, 4) is 0 Å². The number of nitrogens with zero attached hydrogens (tertiary/aromatic N) is 2. The van der Waals surface area contributed by atoms with Crippen LogP contribution in [0.5, 0.6) is 0 Å². The summed E-state index contributed by atoms with van der Waals surface area (Å²) in [7, 11) is 1.67. The van der Waals surface area contributed by atoms with Crippen LogP contribution in [0.4, 0.5) is 0 Å². The molecule has 0 fully saturated rings. The molecule has 0 spiro atoms. The topological polar surface area (TPSA) is 84.0 Å². The number of imide groups is 1. The van der Waals surface area contributed by atoms with Crippen molar-refractivity contribution >= 4 is 17.7 Å². The van der Waals surface area contributed by atoms with Gasteiger partial charge >= 0.3 is 0 Å². The first-order chi connectivity index (χ1) is 13.5. The lowest BCUT2D eigenvalue weighted by Gasteiger charge is -2.23. The van der Waals surface area contributed by atoms with Crippen molar-refractivity contribution in [1.82, 2.24) is 9.80 Å². The Labute approximate surface area is 161 Å². The van der Waals surface area contributed by atoms with Gasteiger partial charge in [-0.3, -0.25) is 19.3 Å². The highest BCUT2D eigenvalue weighted by atomic mass is 16.3. The second kappa shape index (κ2) is 6.84. The highest BCUT2D eigenvalue weighted by molar-refractivity contribution is 6.22. The minimum atomic E-state index is -0.437. The van der Waals surface area contributed by atoms with Crippen molar-refractivity contribution < 1.29 is 23.2 Å². The predicted octanol–water partition coefficient (Wildman–Crippen LogP) is 3.50. The van der Waals surface area contributed by atoms with Gasteiger partial charge in [-0.1, -0.05) is 0 Å². The summed E-state index contributed by atoms with van der Waals surface area (Å²) in [4.78, 5) is 40.8. The van der Waals surface area contributed by atoms with Crippen LogP contribution in [0.3, 0.4) is 0 Å². The molecular weight excluding hydrogens is 360 g/mol. The summed E-state index contributed by atoms with van der Waals surface area (Å²) < 4.78 is 10.6. The predicted molar refractivity (Wildman–Crippen MR) is 98.6 cm³/mol. The maximum absolute atomic E-state index is 12.9. The van der Waals surface area contributed by atoms with Crippen LogP contribution in [0, 0.1) is 0 Å². The van der Waals surface area contributed by atoms with Gasteiger partial charge < -0.3 is 13.7 Å². The SMILES string of the molecule is CC(c1ccco1)N(C)C(=O)c1ccc2c(c1)C(=O)N(Cc1ccco1)C2=O. The summed E-state index contributed by atoms with van der Waals surface area (Å²) in [5.74, 6) is 0.0719. The second-order valence-electron chi connectivity index (χ2n) is 6.64. The summed E-state index contributed by atoms with van der Waals surface area (Å²) in [6, 6.07) is 11.2. The van der Waals surface area contributed by atoms with Crippen LogP contribution in [-0.2, 0) is 6.54 Å². The maximum atomic E-state index is 12.9. The minimum Gasteiger partial charge on any atom is -0.467 e. The van der Waals surface area contributed by atoms with E-state index in [9.17, 15) is 14.4 Å². The minimum absolute atomic E-state index is 0.0536. The van der Waals surface area contributed by atoms with Crippen molar-refractivity contribution in [3.63, 3.8) is 0 Å². The average molecular weight is 378 g/mol. The molecular formula is C21H18N2O5. The zero-order valence-corrected chi connectivity index (χ0v) is 15.4. The van der Waals surface area contributed by atoms with Crippen molar-refractivity contribution in [1.29, 1.82) is 0 Å². The molecule has 3 amide bonds. The number of hydrogen-bond donors (Lipinski definition) is 0. The fourth-order valence-corrected chi connectivity index (χ4v) is 3.23. The molecule has 0 bridgehead atoms. The zero-order valence-electron chi connectivity index (χ0n) is 15.4. The molecule has 3 heterocycles. The van der Waals surface area contributed by atoms with Crippen LogP contribution in [0.25, 0.3) is 0 Å². The molecule has 142 valence electrons. The van der Waals surface area contributed by atoms with Gasteiger partial charge in [0.2, 0.25) is 0 Å². The van der Waals surface area contributed by atoms with Crippen molar-refractivity contribution in [2.45, 2.75) is 19.5 Å².